The molecule has 4 N–H and O–H groups in total. The average molecular weight is 317 g/mol. The number of aliphatic imine (C=N–C) groups is 1. The number of fused-ring (bicyclic) bond motifs is 1. The summed E-state index contributed by atoms with van der Waals surface area (Å²) in [4.78, 5) is 4.39. The number of guanidine groups is 1. The third kappa shape index (κ3) is 4.24. The first-order chi connectivity index (χ1) is 11.2. The molecular weight excluding hydrogens is 290 g/mol. The Labute approximate surface area is 137 Å². The van der Waals surface area contributed by atoms with Crippen LogP contribution < -0.4 is 11.1 Å². The lowest BCUT2D eigenvalue weighted by Gasteiger charge is -2.31. The number of ether oxygens (including phenoxy) is 1. The number of nitrogens with two attached hydrogens (primary N) is 1. The predicted molar refractivity (Wildman–Crippen MR) is 92.8 cm³/mol. The van der Waals surface area contributed by atoms with E-state index < -0.39 is 5.60 Å². The molecule has 0 atom stereocenters. The van der Waals surface area contributed by atoms with Crippen LogP contribution in [0.1, 0.15) is 43.2 Å². The molecule has 3 rings (SSSR count). The number of rotatable bonds is 4. The molecule has 5 nitrogen and oxygen atoms in total. The molecule has 1 aliphatic heterocycles. The highest BCUT2D eigenvalue weighted by molar-refractivity contribution is 5.93. The molecule has 1 aromatic carbocycles. The predicted octanol–water partition coefficient (Wildman–Crippen LogP) is 2.22. The van der Waals surface area contributed by atoms with Gasteiger partial charge >= 0.3 is 0 Å². The van der Waals surface area contributed by atoms with Crippen LogP contribution in [0.25, 0.3) is 0 Å². The van der Waals surface area contributed by atoms with E-state index in [2.05, 4.69) is 28.5 Å². The van der Waals surface area contributed by atoms with E-state index >= 15 is 0 Å². The van der Waals surface area contributed by atoms with Gasteiger partial charge in [-0.15, -0.1) is 0 Å². The van der Waals surface area contributed by atoms with Gasteiger partial charge in [-0.2, -0.15) is 0 Å². The fourth-order valence-corrected chi connectivity index (χ4v) is 3.46. The molecule has 126 valence electrons. The van der Waals surface area contributed by atoms with Crippen LogP contribution in [-0.4, -0.2) is 36.4 Å². The summed E-state index contributed by atoms with van der Waals surface area (Å²) in [6.07, 6.45) is 6.75. The Hall–Kier alpha value is -1.59. The number of hydrogen-bond acceptors (Lipinski definition) is 3. The smallest absolute Gasteiger partial charge is 0.193 e. The summed E-state index contributed by atoms with van der Waals surface area (Å²) in [5, 5.41) is 13.7. The summed E-state index contributed by atoms with van der Waals surface area (Å²) < 4.78 is 5.29. The Bertz CT molecular complexity index is 565. The van der Waals surface area contributed by atoms with Crippen LogP contribution in [0.5, 0.6) is 0 Å². The summed E-state index contributed by atoms with van der Waals surface area (Å²) in [5.41, 5.74) is 9.26. The highest BCUT2D eigenvalue weighted by Gasteiger charge is 2.29. The van der Waals surface area contributed by atoms with E-state index in [4.69, 9.17) is 10.5 Å². The highest BCUT2D eigenvalue weighted by atomic mass is 16.5. The molecule has 1 aromatic rings. The zero-order valence-electron chi connectivity index (χ0n) is 13.7. The number of anilines is 1. The normalized spacial score (nSPS) is 20.8. The van der Waals surface area contributed by atoms with Crippen LogP contribution >= 0.6 is 0 Å². The summed E-state index contributed by atoms with van der Waals surface area (Å²) in [6.45, 7) is 1.79. The maximum atomic E-state index is 10.4. The van der Waals surface area contributed by atoms with Gasteiger partial charge in [0.25, 0.3) is 0 Å². The molecule has 5 heteroatoms. The molecule has 0 saturated carbocycles. The maximum Gasteiger partial charge on any atom is 0.193 e. The minimum absolute atomic E-state index is 0.430. The average Bonchev–Trinajstić information content (AvgIpc) is 2.56. The number of hydrogen-bond donors (Lipinski definition) is 3. The van der Waals surface area contributed by atoms with Crippen molar-refractivity contribution >= 4 is 11.6 Å². The van der Waals surface area contributed by atoms with Crippen molar-refractivity contribution in [2.24, 2.45) is 10.7 Å². The van der Waals surface area contributed by atoms with E-state index in [0.717, 1.165) is 18.5 Å². The second-order valence-electron chi connectivity index (χ2n) is 6.63. The Balaban J connectivity index is 1.57. The summed E-state index contributed by atoms with van der Waals surface area (Å²) in [5.74, 6) is 0.430. The van der Waals surface area contributed by atoms with Crippen LogP contribution in [0.2, 0.25) is 0 Å². The van der Waals surface area contributed by atoms with Crippen LogP contribution in [-0.2, 0) is 17.6 Å². The number of aliphatic hydroxyl groups is 1. The Morgan fingerprint density at radius 3 is 2.87 bits per heavy atom. The number of nitrogens with one attached hydrogen (secondary N) is 1. The lowest BCUT2D eigenvalue weighted by Crippen LogP contribution is -2.37. The van der Waals surface area contributed by atoms with Gasteiger partial charge in [-0.3, -0.25) is 4.99 Å². The summed E-state index contributed by atoms with van der Waals surface area (Å²) in [7, 11) is 0. The molecular formula is C18H27N3O2. The van der Waals surface area contributed by atoms with E-state index in [1.807, 2.05) is 0 Å². The molecule has 1 saturated heterocycles. The topological polar surface area (TPSA) is 79.9 Å². The largest absolute Gasteiger partial charge is 0.390 e. The van der Waals surface area contributed by atoms with Gasteiger partial charge in [-0.1, -0.05) is 12.1 Å². The van der Waals surface area contributed by atoms with Crippen molar-refractivity contribution in [1.82, 2.24) is 0 Å². The molecule has 0 unspecified atom stereocenters. The van der Waals surface area contributed by atoms with Gasteiger partial charge in [0.1, 0.15) is 0 Å². The third-order valence-electron chi connectivity index (χ3n) is 4.94. The van der Waals surface area contributed by atoms with Crippen LogP contribution in [0.4, 0.5) is 5.69 Å². The SMILES string of the molecule is NC(=NCCC1(O)CCOCC1)Nc1cccc2c1CCCC2. The van der Waals surface area contributed by atoms with Crippen LogP contribution in [0.15, 0.2) is 23.2 Å². The minimum Gasteiger partial charge on any atom is -0.390 e. The molecule has 0 radical (unpaired) electrons. The third-order valence-corrected chi connectivity index (χ3v) is 4.94. The lowest BCUT2D eigenvalue weighted by molar-refractivity contribution is -0.0662. The second-order valence-corrected chi connectivity index (χ2v) is 6.63. The van der Waals surface area contributed by atoms with Gasteiger partial charge in [-0.25, -0.2) is 0 Å². The van der Waals surface area contributed by atoms with Crippen molar-refractivity contribution in [2.45, 2.75) is 50.5 Å². The molecule has 0 bridgehead atoms. The first kappa shape index (κ1) is 16.3. The lowest BCUT2D eigenvalue weighted by atomic mass is 9.90. The summed E-state index contributed by atoms with van der Waals surface area (Å²) in [6, 6.07) is 6.34. The Morgan fingerprint density at radius 2 is 2.04 bits per heavy atom. The van der Waals surface area contributed by atoms with E-state index in [1.54, 1.807) is 0 Å². The fourth-order valence-electron chi connectivity index (χ4n) is 3.46. The monoisotopic (exact) mass is 317 g/mol. The van der Waals surface area contributed by atoms with Crippen molar-refractivity contribution in [2.75, 3.05) is 25.1 Å². The molecule has 1 fully saturated rings. The standard InChI is InChI=1S/C18H27N3O2/c19-17(20-11-8-18(22)9-12-23-13-10-18)21-16-7-3-5-14-4-1-2-6-15(14)16/h3,5,7,22H,1-2,4,6,8-13H2,(H3,19,20,21). The first-order valence-corrected chi connectivity index (χ1v) is 8.64. The van der Waals surface area contributed by atoms with Gasteiger partial charge in [0.15, 0.2) is 5.96 Å². The van der Waals surface area contributed by atoms with Crippen molar-refractivity contribution < 1.29 is 9.84 Å². The fraction of sp³-hybridized carbons (Fsp3) is 0.611. The number of nitrogens with zero attached hydrogens (tertiary/aromatic N) is 1. The number of aryl methyl sites for hydroxylation is 1. The number of benzene rings is 1. The van der Waals surface area contributed by atoms with Crippen molar-refractivity contribution in [3.8, 4) is 0 Å². The molecule has 2 aliphatic rings. The highest BCUT2D eigenvalue weighted by Crippen LogP contribution is 2.28. The maximum absolute atomic E-state index is 10.4. The van der Waals surface area contributed by atoms with Crippen molar-refractivity contribution in [1.29, 1.82) is 0 Å². The minimum atomic E-state index is -0.645. The van der Waals surface area contributed by atoms with E-state index in [1.165, 1.54) is 24.0 Å². The van der Waals surface area contributed by atoms with E-state index in [9.17, 15) is 5.11 Å². The molecule has 0 aromatic heterocycles. The van der Waals surface area contributed by atoms with Gasteiger partial charge in [0, 0.05) is 25.4 Å². The van der Waals surface area contributed by atoms with Gasteiger partial charge in [0.05, 0.1) is 5.60 Å². The van der Waals surface area contributed by atoms with E-state index in [0.29, 0.717) is 45.0 Å². The zero-order chi connectivity index (χ0) is 16.1. The van der Waals surface area contributed by atoms with Crippen LogP contribution in [0, 0.1) is 0 Å². The van der Waals surface area contributed by atoms with Gasteiger partial charge in [0.2, 0.25) is 0 Å². The molecule has 1 aliphatic carbocycles. The molecule has 23 heavy (non-hydrogen) atoms. The quantitative estimate of drug-likeness (QED) is 0.587. The Morgan fingerprint density at radius 1 is 1.26 bits per heavy atom. The molecule has 1 heterocycles. The van der Waals surface area contributed by atoms with Crippen LogP contribution in [0.3, 0.4) is 0 Å². The second kappa shape index (κ2) is 7.32. The zero-order valence-corrected chi connectivity index (χ0v) is 13.7. The van der Waals surface area contributed by atoms with Crippen molar-refractivity contribution in [3.63, 3.8) is 0 Å². The van der Waals surface area contributed by atoms with Crippen molar-refractivity contribution in [3.05, 3.63) is 29.3 Å². The Kier molecular flexibility index (Phi) is 5.18. The molecule has 0 spiro atoms. The summed E-state index contributed by atoms with van der Waals surface area (Å²) >= 11 is 0. The van der Waals surface area contributed by atoms with E-state index in [-0.39, 0.29) is 0 Å². The first-order valence-electron chi connectivity index (χ1n) is 8.64. The van der Waals surface area contributed by atoms with Gasteiger partial charge in [-0.05, 0) is 62.1 Å². The van der Waals surface area contributed by atoms with Gasteiger partial charge < -0.3 is 20.9 Å². The molecule has 0 amide bonds.